The number of hydrogen-bond donors (Lipinski definition) is 1. The monoisotopic (exact) mass is 237 g/mol. The van der Waals surface area contributed by atoms with E-state index in [1.807, 2.05) is 0 Å². The van der Waals surface area contributed by atoms with E-state index in [1.165, 1.54) is 57.8 Å². The second-order valence-electron chi connectivity index (χ2n) is 6.99. The maximum atomic E-state index is 6.74. The number of rotatable bonds is 1. The van der Waals surface area contributed by atoms with E-state index in [0.717, 1.165) is 18.4 Å². The molecule has 3 fully saturated rings. The van der Waals surface area contributed by atoms with Crippen LogP contribution in [0.1, 0.15) is 64.7 Å². The second kappa shape index (κ2) is 4.24. The van der Waals surface area contributed by atoms with Crippen LogP contribution in [0, 0.1) is 11.8 Å². The van der Waals surface area contributed by atoms with Crippen LogP contribution in [0.15, 0.2) is 0 Å². The topological polar surface area (TPSA) is 35.2 Å². The third-order valence-corrected chi connectivity index (χ3v) is 5.78. The Morgan fingerprint density at radius 2 is 1.76 bits per heavy atom. The van der Waals surface area contributed by atoms with E-state index in [2.05, 4.69) is 6.92 Å². The zero-order valence-corrected chi connectivity index (χ0v) is 11.2. The molecule has 1 heterocycles. The molecule has 0 aromatic carbocycles. The maximum absolute atomic E-state index is 6.74. The van der Waals surface area contributed by atoms with E-state index in [4.69, 9.17) is 10.5 Å². The first-order valence-corrected chi connectivity index (χ1v) is 7.55. The normalized spacial score (nSPS) is 45.5. The zero-order chi connectivity index (χ0) is 11.9. The highest BCUT2D eigenvalue weighted by molar-refractivity contribution is 5.02. The molecule has 2 aliphatic carbocycles. The molecule has 3 aliphatic rings. The molecule has 0 aromatic rings. The second-order valence-corrected chi connectivity index (χ2v) is 6.99. The number of nitrogens with two attached hydrogens (primary N) is 1. The average molecular weight is 237 g/mol. The first-order chi connectivity index (χ1) is 8.12. The Labute approximate surface area is 105 Å². The third-order valence-electron chi connectivity index (χ3n) is 5.78. The molecule has 2 N–H and O–H groups in total. The van der Waals surface area contributed by atoms with Gasteiger partial charge in [0.15, 0.2) is 0 Å². The van der Waals surface area contributed by atoms with Crippen LogP contribution >= 0.6 is 0 Å². The Balaban J connectivity index is 1.66. The van der Waals surface area contributed by atoms with Crippen LogP contribution < -0.4 is 5.73 Å². The molecule has 2 nitrogen and oxygen atoms in total. The summed E-state index contributed by atoms with van der Waals surface area (Å²) in [6.07, 6.45) is 11.5. The summed E-state index contributed by atoms with van der Waals surface area (Å²) in [5.41, 5.74) is 7.14. The van der Waals surface area contributed by atoms with Crippen molar-refractivity contribution in [2.75, 3.05) is 6.61 Å². The van der Waals surface area contributed by atoms with Crippen LogP contribution in [0.2, 0.25) is 0 Å². The van der Waals surface area contributed by atoms with Crippen molar-refractivity contribution in [3.8, 4) is 0 Å². The molecular weight excluding hydrogens is 210 g/mol. The molecular formula is C15H27NO. The number of hydrogen-bond acceptors (Lipinski definition) is 2. The molecule has 0 bridgehead atoms. The van der Waals surface area contributed by atoms with Gasteiger partial charge in [0.1, 0.15) is 0 Å². The third kappa shape index (κ3) is 2.15. The molecule has 0 aromatic heterocycles. The summed E-state index contributed by atoms with van der Waals surface area (Å²) in [5, 5.41) is 0. The molecule has 1 spiro atoms. The summed E-state index contributed by atoms with van der Waals surface area (Å²) in [7, 11) is 0. The first kappa shape index (κ1) is 12.0. The summed E-state index contributed by atoms with van der Waals surface area (Å²) in [5.74, 6) is 1.62. The van der Waals surface area contributed by atoms with Gasteiger partial charge in [-0.1, -0.05) is 6.92 Å². The molecule has 2 heteroatoms. The van der Waals surface area contributed by atoms with E-state index < -0.39 is 0 Å². The lowest BCUT2D eigenvalue weighted by Crippen LogP contribution is -2.56. The highest BCUT2D eigenvalue weighted by Crippen LogP contribution is 2.49. The standard InChI is InChI=1S/C15H27NO/c1-12-3-8-15(16,9-4-12)13-5-10-17-14(11-13)6-2-7-14/h12-13H,2-11,16H2,1H3. The molecule has 1 unspecified atom stereocenters. The van der Waals surface area contributed by atoms with Crippen LogP contribution in [-0.2, 0) is 4.74 Å². The van der Waals surface area contributed by atoms with Crippen molar-refractivity contribution in [1.82, 2.24) is 0 Å². The van der Waals surface area contributed by atoms with Gasteiger partial charge in [-0.05, 0) is 69.6 Å². The lowest BCUT2D eigenvalue weighted by molar-refractivity contribution is -0.154. The quantitative estimate of drug-likeness (QED) is 0.760. The van der Waals surface area contributed by atoms with E-state index in [1.54, 1.807) is 0 Å². The van der Waals surface area contributed by atoms with Gasteiger partial charge in [-0.15, -0.1) is 0 Å². The minimum atomic E-state index is 0.138. The lowest BCUT2D eigenvalue weighted by Gasteiger charge is -2.52. The molecule has 1 aliphatic heterocycles. The van der Waals surface area contributed by atoms with Crippen molar-refractivity contribution in [3.63, 3.8) is 0 Å². The minimum absolute atomic E-state index is 0.138. The molecule has 3 rings (SSSR count). The fourth-order valence-corrected chi connectivity index (χ4v) is 4.15. The van der Waals surface area contributed by atoms with Gasteiger partial charge in [0.2, 0.25) is 0 Å². The lowest BCUT2D eigenvalue weighted by atomic mass is 9.62. The fourth-order valence-electron chi connectivity index (χ4n) is 4.15. The Hall–Kier alpha value is -0.0800. The molecule has 0 radical (unpaired) electrons. The van der Waals surface area contributed by atoms with Crippen LogP contribution in [-0.4, -0.2) is 17.7 Å². The van der Waals surface area contributed by atoms with Crippen molar-refractivity contribution in [1.29, 1.82) is 0 Å². The van der Waals surface area contributed by atoms with Crippen LogP contribution in [0.3, 0.4) is 0 Å². The van der Waals surface area contributed by atoms with Gasteiger partial charge >= 0.3 is 0 Å². The Morgan fingerprint density at radius 3 is 2.35 bits per heavy atom. The van der Waals surface area contributed by atoms with Crippen LogP contribution in [0.4, 0.5) is 0 Å². The van der Waals surface area contributed by atoms with Gasteiger partial charge in [0, 0.05) is 12.1 Å². The smallest absolute Gasteiger partial charge is 0.0686 e. The van der Waals surface area contributed by atoms with E-state index in [-0.39, 0.29) is 11.1 Å². The van der Waals surface area contributed by atoms with Gasteiger partial charge in [-0.25, -0.2) is 0 Å². The molecule has 1 saturated heterocycles. The Kier molecular flexibility index (Phi) is 2.99. The van der Waals surface area contributed by atoms with Gasteiger partial charge in [-0.2, -0.15) is 0 Å². The summed E-state index contributed by atoms with van der Waals surface area (Å²) in [6, 6.07) is 0. The van der Waals surface area contributed by atoms with Crippen molar-refractivity contribution < 1.29 is 4.74 Å². The van der Waals surface area contributed by atoms with Crippen molar-refractivity contribution in [2.45, 2.75) is 75.9 Å². The molecule has 98 valence electrons. The van der Waals surface area contributed by atoms with E-state index in [0.29, 0.717) is 0 Å². The van der Waals surface area contributed by atoms with Gasteiger partial charge < -0.3 is 10.5 Å². The van der Waals surface area contributed by atoms with E-state index >= 15 is 0 Å². The predicted molar refractivity (Wildman–Crippen MR) is 69.8 cm³/mol. The Morgan fingerprint density at radius 1 is 1.06 bits per heavy atom. The van der Waals surface area contributed by atoms with Crippen molar-refractivity contribution >= 4 is 0 Å². The highest BCUT2D eigenvalue weighted by atomic mass is 16.5. The van der Waals surface area contributed by atoms with Crippen molar-refractivity contribution in [2.24, 2.45) is 17.6 Å². The SMILES string of the molecule is CC1CCC(N)(C2CCOC3(CCC3)C2)CC1. The average Bonchev–Trinajstić information content (AvgIpc) is 2.31. The molecule has 1 atom stereocenters. The largest absolute Gasteiger partial charge is 0.375 e. The molecule has 0 amide bonds. The van der Waals surface area contributed by atoms with Gasteiger partial charge in [0.25, 0.3) is 0 Å². The summed E-state index contributed by atoms with van der Waals surface area (Å²) in [4.78, 5) is 0. The summed E-state index contributed by atoms with van der Waals surface area (Å²) in [6.45, 7) is 3.33. The van der Waals surface area contributed by atoms with E-state index in [9.17, 15) is 0 Å². The predicted octanol–water partition coefficient (Wildman–Crippen LogP) is 3.24. The summed E-state index contributed by atoms with van der Waals surface area (Å²) >= 11 is 0. The van der Waals surface area contributed by atoms with Crippen molar-refractivity contribution in [3.05, 3.63) is 0 Å². The minimum Gasteiger partial charge on any atom is -0.375 e. The maximum Gasteiger partial charge on any atom is 0.0686 e. The van der Waals surface area contributed by atoms with Gasteiger partial charge in [0.05, 0.1) is 5.60 Å². The summed E-state index contributed by atoms with van der Waals surface area (Å²) < 4.78 is 6.03. The molecule has 2 saturated carbocycles. The van der Waals surface area contributed by atoms with Crippen LogP contribution in [0.5, 0.6) is 0 Å². The molecule has 17 heavy (non-hydrogen) atoms. The number of ether oxygens (including phenoxy) is 1. The highest BCUT2D eigenvalue weighted by Gasteiger charge is 2.48. The van der Waals surface area contributed by atoms with Gasteiger partial charge in [-0.3, -0.25) is 0 Å². The fraction of sp³-hybridized carbons (Fsp3) is 1.00. The Bertz CT molecular complexity index is 277. The van der Waals surface area contributed by atoms with Crippen LogP contribution in [0.25, 0.3) is 0 Å². The zero-order valence-electron chi connectivity index (χ0n) is 11.2. The first-order valence-electron chi connectivity index (χ1n) is 7.55.